The van der Waals surface area contributed by atoms with E-state index in [1.165, 1.54) is 11.1 Å². The number of halogens is 1. The van der Waals surface area contributed by atoms with Gasteiger partial charge in [0, 0.05) is 18.5 Å². The van der Waals surface area contributed by atoms with Gasteiger partial charge in [0.25, 0.3) is 0 Å². The number of anilines is 1. The van der Waals surface area contributed by atoms with Gasteiger partial charge in [-0.05, 0) is 54.1 Å². The summed E-state index contributed by atoms with van der Waals surface area (Å²) in [5.41, 5.74) is 5.67. The lowest BCUT2D eigenvalue weighted by Gasteiger charge is -2.17. The van der Waals surface area contributed by atoms with Crippen LogP contribution in [0, 0.1) is 5.41 Å². The van der Waals surface area contributed by atoms with Crippen molar-refractivity contribution in [2.45, 2.75) is 46.6 Å². The Bertz CT molecular complexity index is 806. The van der Waals surface area contributed by atoms with Crippen LogP contribution in [0.15, 0.2) is 36.4 Å². The fraction of sp³-hybridized carbons (Fsp3) is 0.435. The van der Waals surface area contributed by atoms with Gasteiger partial charge in [-0.2, -0.15) is 0 Å². The second kappa shape index (κ2) is 8.45. The van der Waals surface area contributed by atoms with Crippen molar-refractivity contribution in [2.75, 3.05) is 18.4 Å². The molecule has 4 heteroatoms. The minimum atomic E-state index is 0.00797. The first-order valence-corrected chi connectivity index (χ1v) is 10.1. The van der Waals surface area contributed by atoms with Gasteiger partial charge < -0.3 is 10.6 Å². The average molecular weight is 385 g/mol. The van der Waals surface area contributed by atoms with E-state index in [4.69, 9.17) is 11.6 Å². The molecule has 0 aliphatic carbocycles. The normalized spacial score (nSPS) is 14.4. The summed E-state index contributed by atoms with van der Waals surface area (Å²) in [7, 11) is 0. The lowest BCUT2D eigenvalue weighted by molar-refractivity contribution is 0.0940. The number of benzene rings is 2. The highest BCUT2D eigenvalue weighted by Crippen LogP contribution is 2.31. The first-order chi connectivity index (χ1) is 12.8. The Kier molecular flexibility index (Phi) is 6.23. The lowest BCUT2D eigenvalue weighted by atomic mass is 9.88. The van der Waals surface area contributed by atoms with E-state index in [1.807, 2.05) is 30.3 Å². The Morgan fingerprint density at radius 3 is 2.48 bits per heavy atom. The van der Waals surface area contributed by atoms with Crippen molar-refractivity contribution in [3.05, 3.63) is 63.7 Å². The number of rotatable bonds is 5. The molecular formula is C23H29ClN2O. The fourth-order valence-corrected chi connectivity index (χ4v) is 3.76. The van der Waals surface area contributed by atoms with Crippen molar-refractivity contribution < 1.29 is 4.79 Å². The van der Waals surface area contributed by atoms with Gasteiger partial charge in [-0.3, -0.25) is 4.79 Å². The van der Waals surface area contributed by atoms with E-state index in [-0.39, 0.29) is 11.2 Å². The molecule has 0 aromatic heterocycles. The molecule has 3 rings (SSSR count). The summed E-state index contributed by atoms with van der Waals surface area (Å²) in [6.45, 7) is 8.95. The molecule has 144 valence electrons. The van der Waals surface area contributed by atoms with Crippen LogP contribution < -0.4 is 10.6 Å². The molecule has 3 nitrogen and oxygen atoms in total. The highest BCUT2D eigenvalue weighted by atomic mass is 35.5. The van der Waals surface area contributed by atoms with Crippen LogP contribution in [-0.4, -0.2) is 18.9 Å². The van der Waals surface area contributed by atoms with Gasteiger partial charge in [-0.15, -0.1) is 0 Å². The van der Waals surface area contributed by atoms with E-state index in [2.05, 4.69) is 37.5 Å². The van der Waals surface area contributed by atoms with Crippen LogP contribution in [0.25, 0.3) is 0 Å². The smallest absolute Gasteiger partial charge is 0.163 e. The van der Waals surface area contributed by atoms with Gasteiger partial charge in [0.2, 0.25) is 0 Å². The maximum Gasteiger partial charge on any atom is 0.163 e. The van der Waals surface area contributed by atoms with Crippen LogP contribution in [0.5, 0.6) is 0 Å². The third-order valence-corrected chi connectivity index (χ3v) is 5.23. The van der Waals surface area contributed by atoms with Crippen LogP contribution in [0.4, 0.5) is 5.69 Å². The first kappa shape index (κ1) is 19.9. The summed E-state index contributed by atoms with van der Waals surface area (Å²) < 4.78 is 0. The molecule has 2 N–H and O–H groups in total. The van der Waals surface area contributed by atoms with Crippen molar-refractivity contribution in [2.24, 2.45) is 5.41 Å². The SMILES string of the molecule is CC(C)(C)CC(=O)c1ccc(CNc2c(Cl)ccc3c2CCNCC3)cc1. The predicted molar refractivity (Wildman–Crippen MR) is 114 cm³/mol. The maximum absolute atomic E-state index is 12.3. The molecule has 2 aromatic carbocycles. The second-order valence-electron chi connectivity index (χ2n) is 8.52. The molecule has 0 fully saturated rings. The molecule has 0 saturated heterocycles. The quantitative estimate of drug-likeness (QED) is 0.691. The summed E-state index contributed by atoms with van der Waals surface area (Å²) >= 11 is 6.48. The first-order valence-electron chi connectivity index (χ1n) is 9.70. The molecule has 1 aliphatic heterocycles. The Labute approximate surface area is 167 Å². The Morgan fingerprint density at radius 2 is 1.78 bits per heavy atom. The monoisotopic (exact) mass is 384 g/mol. The number of hydrogen-bond donors (Lipinski definition) is 2. The highest BCUT2D eigenvalue weighted by molar-refractivity contribution is 6.33. The van der Waals surface area contributed by atoms with E-state index in [0.717, 1.165) is 47.8 Å². The van der Waals surface area contributed by atoms with Crippen LogP contribution >= 0.6 is 11.6 Å². The minimum absolute atomic E-state index is 0.00797. The average Bonchev–Trinajstić information content (AvgIpc) is 2.85. The van der Waals surface area contributed by atoms with Gasteiger partial charge in [-0.25, -0.2) is 0 Å². The van der Waals surface area contributed by atoms with Crippen LogP contribution in [0.3, 0.4) is 0 Å². The fourth-order valence-electron chi connectivity index (χ4n) is 3.52. The van der Waals surface area contributed by atoms with Crippen molar-refractivity contribution >= 4 is 23.1 Å². The Hall–Kier alpha value is -1.84. The molecule has 2 aromatic rings. The molecule has 0 saturated carbocycles. The van der Waals surface area contributed by atoms with Gasteiger partial charge >= 0.3 is 0 Å². The molecule has 0 amide bonds. The number of hydrogen-bond acceptors (Lipinski definition) is 3. The Morgan fingerprint density at radius 1 is 1.07 bits per heavy atom. The van der Waals surface area contributed by atoms with Crippen molar-refractivity contribution in [3.8, 4) is 0 Å². The topological polar surface area (TPSA) is 41.1 Å². The predicted octanol–water partition coefficient (Wildman–Crippen LogP) is 5.26. The number of carbonyl (C=O) groups excluding carboxylic acids is 1. The summed E-state index contributed by atoms with van der Waals surface area (Å²) in [6.07, 6.45) is 2.58. The standard InChI is InChI=1S/C23H29ClN2O/c1-23(2,3)14-21(27)18-6-4-16(5-7-18)15-26-22-19-11-13-25-12-10-17(19)8-9-20(22)24/h4-9,25-26H,10-15H2,1-3H3. The molecular weight excluding hydrogens is 356 g/mol. The van der Waals surface area contributed by atoms with Gasteiger partial charge in [0.05, 0.1) is 10.7 Å². The number of fused-ring (bicyclic) bond motifs is 1. The molecule has 27 heavy (non-hydrogen) atoms. The van der Waals surface area contributed by atoms with Crippen molar-refractivity contribution in [1.29, 1.82) is 0 Å². The zero-order valence-electron chi connectivity index (χ0n) is 16.5. The molecule has 0 radical (unpaired) electrons. The van der Waals surface area contributed by atoms with E-state index in [0.29, 0.717) is 13.0 Å². The van der Waals surface area contributed by atoms with E-state index >= 15 is 0 Å². The van der Waals surface area contributed by atoms with Crippen molar-refractivity contribution in [1.82, 2.24) is 5.32 Å². The Balaban J connectivity index is 1.70. The van der Waals surface area contributed by atoms with Gasteiger partial charge in [0.1, 0.15) is 0 Å². The van der Waals surface area contributed by atoms with E-state index in [9.17, 15) is 4.79 Å². The number of nitrogens with one attached hydrogen (secondary N) is 2. The third kappa shape index (κ3) is 5.33. The third-order valence-electron chi connectivity index (χ3n) is 4.92. The maximum atomic E-state index is 12.3. The second-order valence-corrected chi connectivity index (χ2v) is 8.93. The summed E-state index contributed by atoms with van der Waals surface area (Å²) in [4.78, 5) is 12.3. The largest absolute Gasteiger partial charge is 0.380 e. The number of carbonyl (C=O) groups is 1. The van der Waals surface area contributed by atoms with E-state index in [1.54, 1.807) is 0 Å². The van der Waals surface area contributed by atoms with Gasteiger partial charge in [-0.1, -0.05) is 62.7 Å². The minimum Gasteiger partial charge on any atom is -0.380 e. The molecule has 0 atom stereocenters. The van der Waals surface area contributed by atoms with Crippen LogP contribution in [-0.2, 0) is 19.4 Å². The molecule has 1 aliphatic rings. The summed E-state index contributed by atoms with van der Waals surface area (Å²) in [6, 6.07) is 12.1. The van der Waals surface area contributed by atoms with Crippen LogP contribution in [0.1, 0.15) is 54.2 Å². The molecule has 1 heterocycles. The highest BCUT2D eigenvalue weighted by Gasteiger charge is 2.17. The van der Waals surface area contributed by atoms with Gasteiger partial charge in [0.15, 0.2) is 5.78 Å². The lowest BCUT2D eigenvalue weighted by Crippen LogP contribution is -2.16. The zero-order chi connectivity index (χ0) is 19.4. The number of ketones is 1. The summed E-state index contributed by atoms with van der Waals surface area (Å²) in [5.74, 6) is 0.200. The molecule has 0 bridgehead atoms. The van der Waals surface area contributed by atoms with E-state index < -0.39 is 0 Å². The summed E-state index contributed by atoms with van der Waals surface area (Å²) in [5, 5.41) is 7.74. The zero-order valence-corrected chi connectivity index (χ0v) is 17.2. The van der Waals surface area contributed by atoms with Crippen molar-refractivity contribution in [3.63, 3.8) is 0 Å². The number of Topliss-reactive ketones (excluding diaryl/α,β-unsaturated/α-hetero) is 1. The van der Waals surface area contributed by atoms with Crippen LogP contribution in [0.2, 0.25) is 5.02 Å². The molecule has 0 spiro atoms. The molecule has 0 unspecified atom stereocenters.